The number of carbonyl (C=O) groups excluding carboxylic acids is 1. The van der Waals surface area contributed by atoms with Crippen LogP contribution in [0.2, 0.25) is 0 Å². The second-order valence-electron chi connectivity index (χ2n) is 8.34. The average molecular weight is 466 g/mol. The minimum Gasteiger partial charge on any atom is -0.478 e. The van der Waals surface area contributed by atoms with Crippen LogP contribution in [0.15, 0.2) is 42.6 Å². The number of halogens is 2. The smallest absolute Gasteiger partial charge is 0.320 e. The molecule has 4 aromatic rings. The number of aromatic nitrogens is 3. The molecule has 5 rings (SSSR count). The van der Waals surface area contributed by atoms with Gasteiger partial charge in [-0.05, 0) is 24.5 Å². The molecule has 0 unspecified atom stereocenters. The van der Waals surface area contributed by atoms with Crippen molar-refractivity contribution in [3.63, 3.8) is 0 Å². The summed E-state index contributed by atoms with van der Waals surface area (Å²) in [4.78, 5) is 26.6. The van der Waals surface area contributed by atoms with Crippen LogP contribution in [0.4, 0.5) is 19.4 Å². The van der Waals surface area contributed by atoms with Gasteiger partial charge in [0.1, 0.15) is 0 Å². The van der Waals surface area contributed by atoms with Crippen molar-refractivity contribution in [3.8, 4) is 5.88 Å². The lowest BCUT2D eigenvalue weighted by molar-refractivity contribution is 0.190. The Morgan fingerprint density at radius 2 is 1.85 bits per heavy atom. The van der Waals surface area contributed by atoms with E-state index in [-0.39, 0.29) is 28.8 Å². The highest BCUT2D eigenvalue weighted by molar-refractivity contribution is 5.91. The number of fused-ring (bicyclic) bond motifs is 2. The molecule has 1 fully saturated rings. The van der Waals surface area contributed by atoms with E-state index in [0.29, 0.717) is 0 Å². The third kappa shape index (κ3) is 4.49. The maximum atomic E-state index is 13.6. The third-order valence-corrected chi connectivity index (χ3v) is 6.09. The molecule has 3 heterocycles. The van der Waals surface area contributed by atoms with Gasteiger partial charge in [-0.1, -0.05) is 18.2 Å². The number of hydrogen-bond donors (Lipinski definition) is 3. The minimum atomic E-state index is -1.04. The van der Waals surface area contributed by atoms with E-state index in [4.69, 9.17) is 4.74 Å². The fourth-order valence-electron chi connectivity index (χ4n) is 4.33. The van der Waals surface area contributed by atoms with Crippen molar-refractivity contribution >= 4 is 33.8 Å². The molecule has 2 aromatic carbocycles. The predicted molar refractivity (Wildman–Crippen MR) is 125 cm³/mol. The maximum Gasteiger partial charge on any atom is 0.320 e. The highest BCUT2D eigenvalue weighted by atomic mass is 19.2. The van der Waals surface area contributed by atoms with Crippen molar-refractivity contribution < 1.29 is 18.3 Å². The first-order valence-corrected chi connectivity index (χ1v) is 11.1. The van der Waals surface area contributed by atoms with Crippen molar-refractivity contribution in [2.75, 3.05) is 25.5 Å². The molecular weight excluding hydrogens is 442 g/mol. The number of anilines is 1. The first kappa shape index (κ1) is 22.0. The number of benzene rings is 2. The summed E-state index contributed by atoms with van der Waals surface area (Å²) in [6, 6.07) is 9.67. The van der Waals surface area contributed by atoms with E-state index in [9.17, 15) is 13.6 Å². The van der Waals surface area contributed by atoms with Crippen LogP contribution in [-0.4, -0.2) is 52.1 Å². The number of aromatic amines is 1. The number of nitrogens with one attached hydrogen (secondary N) is 3. The first-order chi connectivity index (χ1) is 16.5. The highest BCUT2D eigenvalue weighted by Crippen LogP contribution is 2.25. The molecule has 176 valence electrons. The zero-order chi connectivity index (χ0) is 23.7. The number of methoxy groups -OCH3 is 1. The van der Waals surface area contributed by atoms with Crippen LogP contribution < -0.4 is 15.4 Å². The number of ether oxygens (including phenoxy) is 1. The standard InChI is InChI=1S/C24H24F2N6O2/c1-34-23-22(29-20-10-17(25)18(26)11-21(20)30-23)31-24(33)28-15-6-8-32(9-7-15)13-14-12-27-19-5-3-2-4-16(14)19/h2-5,10-12,15,27H,6-9,13H2,1H3,(H2,28,29,31,33). The zero-order valence-electron chi connectivity index (χ0n) is 18.6. The number of hydrogen-bond acceptors (Lipinski definition) is 5. The van der Waals surface area contributed by atoms with Gasteiger partial charge in [0, 0.05) is 54.9 Å². The first-order valence-electron chi connectivity index (χ1n) is 11.1. The molecule has 1 aliphatic rings. The minimum absolute atomic E-state index is 0.00479. The summed E-state index contributed by atoms with van der Waals surface area (Å²) in [7, 11) is 1.36. The molecule has 2 aromatic heterocycles. The third-order valence-electron chi connectivity index (χ3n) is 6.09. The number of piperidine rings is 1. The second kappa shape index (κ2) is 9.22. The summed E-state index contributed by atoms with van der Waals surface area (Å²) in [5.41, 5.74) is 2.63. The Morgan fingerprint density at radius 1 is 1.15 bits per heavy atom. The van der Waals surface area contributed by atoms with Crippen LogP contribution in [0.3, 0.4) is 0 Å². The molecule has 0 atom stereocenters. The lowest BCUT2D eigenvalue weighted by Gasteiger charge is -2.32. The molecule has 3 N–H and O–H groups in total. The van der Waals surface area contributed by atoms with Gasteiger partial charge in [0.05, 0.1) is 18.1 Å². The Morgan fingerprint density at radius 3 is 2.59 bits per heavy atom. The fourth-order valence-corrected chi connectivity index (χ4v) is 4.33. The maximum absolute atomic E-state index is 13.6. The van der Waals surface area contributed by atoms with E-state index in [1.807, 2.05) is 12.1 Å². The Balaban J connectivity index is 1.19. The van der Waals surface area contributed by atoms with E-state index < -0.39 is 17.7 Å². The Hall–Kier alpha value is -3.79. The monoisotopic (exact) mass is 466 g/mol. The van der Waals surface area contributed by atoms with Crippen molar-refractivity contribution in [2.45, 2.75) is 25.4 Å². The molecule has 0 spiro atoms. The SMILES string of the molecule is COc1nc2cc(F)c(F)cc2nc1NC(=O)NC1CCN(Cc2c[nH]c3ccccc23)CC1. The summed E-state index contributed by atoms with van der Waals surface area (Å²) < 4.78 is 32.2. The number of amides is 2. The number of para-hydroxylation sites is 1. The van der Waals surface area contributed by atoms with Crippen molar-refractivity contribution in [1.82, 2.24) is 25.2 Å². The summed E-state index contributed by atoms with van der Waals surface area (Å²) in [5.74, 6) is -2.02. The molecule has 0 saturated carbocycles. The molecular formula is C24H24F2N6O2. The van der Waals surface area contributed by atoms with Crippen LogP contribution in [0.25, 0.3) is 21.9 Å². The lowest BCUT2D eigenvalue weighted by atomic mass is 10.0. The largest absolute Gasteiger partial charge is 0.478 e. The van der Waals surface area contributed by atoms with Crippen LogP contribution in [0, 0.1) is 11.6 Å². The van der Waals surface area contributed by atoms with Gasteiger partial charge < -0.3 is 15.0 Å². The Kier molecular flexibility index (Phi) is 5.97. The van der Waals surface area contributed by atoms with Crippen LogP contribution in [0.5, 0.6) is 5.88 Å². The van der Waals surface area contributed by atoms with Gasteiger partial charge in [-0.2, -0.15) is 0 Å². The number of likely N-dealkylation sites (tertiary alicyclic amines) is 1. The van der Waals surface area contributed by atoms with Gasteiger partial charge in [0.15, 0.2) is 17.5 Å². The highest BCUT2D eigenvalue weighted by Gasteiger charge is 2.22. The summed E-state index contributed by atoms with van der Waals surface area (Å²) in [6.07, 6.45) is 3.67. The molecule has 0 bridgehead atoms. The van der Waals surface area contributed by atoms with E-state index in [1.54, 1.807) is 0 Å². The van der Waals surface area contributed by atoms with Gasteiger partial charge >= 0.3 is 6.03 Å². The Labute approximate surface area is 194 Å². The zero-order valence-corrected chi connectivity index (χ0v) is 18.6. The topological polar surface area (TPSA) is 95.2 Å². The summed E-state index contributed by atoms with van der Waals surface area (Å²) in [5, 5.41) is 6.81. The number of urea groups is 1. The van der Waals surface area contributed by atoms with Gasteiger partial charge in [-0.15, -0.1) is 0 Å². The molecule has 8 nitrogen and oxygen atoms in total. The van der Waals surface area contributed by atoms with Crippen molar-refractivity contribution in [1.29, 1.82) is 0 Å². The van der Waals surface area contributed by atoms with E-state index in [2.05, 4.69) is 48.8 Å². The summed E-state index contributed by atoms with van der Waals surface area (Å²) in [6.45, 7) is 2.56. The number of H-pyrrole nitrogens is 1. The number of rotatable bonds is 5. The fraction of sp³-hybridized carbons (Fsp3) is 0.292. The second-order valence-corrected chi connectivity index (χ2v) is 8.34. The molecule has 34 heavy (non-hydrogen) atoms. The number of carbonyl (C=O) groups is 1. The normalized spacial score (nSPS) is 15.0. The number of nitrogens with zero attached hydrogens (tertiary/aromatic N) is 3. The molecule has 10 heteroatoms. The van der Waals surface area contributed by atoms with Gasteiger partial charge in [0.25, 0.3) is 5.88 Å². The van der Waals surface area contributed by atoms with Crippen molar-refractivity contribution in [3.05, 3.63) is 59.8 Å². The molecule has 1 aliphatic heterocycles. The predicted octanol–water partition coefficient (Wildman–Crippen LogP) is 4.18. The van der Waals surface area contributed by atoms with Gasteiger partial charge in [-0.25, -0.2) is 23.5 Å². The quantitative estimate of drug-likeness (QED) is 0.410. The van der Waals surface area contributed by atoms with Crippen molar-refractivity contribution in [2.24, 2.45) is 0 Å². The van der Waals surface area contributed by atoms with Gasteiger partial charge in [-0.3, -0.25) is 10.2 Å². The van der Waals surface area contributed by atoms with Gasteiger partial charge in [0.2, 0.25) is 0 Å². The van der Waals surface area contributed by atoms with E-state index in [1.165, 1.54) is 18.1 Å². The molecule has 0 aliphatic carbocycles. The van der Waals surface area contributed by atoms with E-state index >= 15 is 0 Å². The van der Waals surface area contributed by atoms with Crippen LogP contribution in [-0.2, 0) is 6.54 Å². The van der Waals surface area contributed by atoms with Crippen LogP contribution in [0.1, 0.15) is 18.4 Å². The lowest BCUT2D eigenvalue weighted by Crippen LogP contribution is -2.45. The molecule has 2 amide bonds. The Bertz CT molecular complexity index is 1350. The molecule has 1 saturated heterocycles. The van der Waals surface area contributed by atoms with E-state index in [0.717, 1.165) is 50.1 Å². The molecule has 0 radical (unpaired) electrons. The average Bonchev–Trinajstić information content (AvgIpc) is 3.24. The van der Waals surface area contributed by atoms with Crippen LogP contribution >= 0.6 is 0 Å². The summed E-state index contributed by atoms with van der Waals surface area (Å²) >= 11 is 0.